The molecule has 1 atom stereocenters. The molecule has 0 amide bonds. The second-order valence-electron chi connectivity index (χ2n) is 5.62. The summed E-state index contributed by atoms with van der Waals surface area (Å²) < 4.78 is 13.6. The van der Waals surface area contributed by atoms with Crippen LogP contribution in [-0.4, -0.2) is 6.04 Å². The first-order valence-electron chi connectivity index (χ1n) is 6.75. The van der Waals surface area contributed by atoms with Crippen molar-refractivity contribution < 1.29 is 4.39 Å². The summed E-state index contributed by atoms with van der Waals surface area (Å²) in [7, 11) is 0. The third kappa shape index (κ3) is 3.46. The highest BCUT2D eigenvalue weighted by atomic mass is 35.5. The van der Waals surface area contributed by atoms with E-state index in [9.17, 15) is 4.39 Å². The van der Waals surface area contributed by atoms with E-state index in [2.05, 4.69) is 6.92 Å². The molecule has 0 aliphatic heterocycles. The lowest BCUT2D eigenvalue weighted by molar-refractivity contribution is 0.252. The number of hydrogen-bond acceptors (Lipinski definition) is 1. The summed E-state index contributed by atoms with van der Waals surface area (Å²) in [6, 6.07) is 4.74. The second kappa shape index (κ2) is 6.03. The molecule has 1 aromatic carbocycles. The van der Waals surface area contributed by atoms with E-state index in [1.165, 1.54) is 31.7 Å². The highest BCUT2D eigenvalue weighted by Crippen LogP contribution is 2.31. The minimum Gasteiger partial charge on any atom is -0.327 e. The van der Waals surface area contributed by atoms with Crippen LogP contribution in [0.2, 0.25) is 5.02 Å². The molecular weight excluding hydrogens is 249 g/mol. The van der Waals surface area contributed by atoms with Crippen molar-refractivity contribution in [3.8, 4) is 0 Å². The van der Waals surface area contributed by atoms with Crippen molar-refractivity contribution in [2.75, 3.05) is 0 Å². The van der Waals surface area contributed by atoms with E-state index in [0.717, 1.165) is 5.92 Å². The van der Waals surface area contributed by atoms with E-state index in [1.54, 1.807) is 12.1 Å². The zero-order valence-corrected chi connectivity index (χ0v) is 11.6. The molecule has 1 aliphatic carbocycles. The zero-order chi connectivity index (χ0) is 13.1. The summed E-state index contributed by atoms with van der Waals surface area (Å²) in [5.41, 5.74) is 6.88. The molecule has 0 aromatic heterocycles. The first kappa shape index (κ1) is 13.8. The van der Waals surface area contributed by atoms with Gasteiger partial charge in [0.25, 0.3) is 0 Å². The summed E-state index contributed by atoms with van der Waals surface area (Å²) in [4.78, 5) is 0. The molecule has 1 saturated carbocycles. The van der Waals surface area contributed by atoms with Crippen LogP contribution in [0, 0.1) is 17.7 Å². The molecule has 0 radical (unpaired) electrons. The van der Waals surface area contributed by atoms with E-state index in [0.29, 0.717) is 22.9 Å². The van der Waals surface area contributed by atoms with Gasteiger partial charge >= 0.3 is 0 Å². The molecule has 0 heterocycles. The van der Waals surface area contributed by atoms with Crippen LogP contribution in [0.3, 0.4) is 0 Å². The van der Waals surface area contributed by atoms with Gasteiger partial charge in [0.1, 0.15) is 5.82 Å². The molecule has 2 N–H and O–H groups in total. The molecular formula is C15H21ClFN. The summed E-state index contributed by atoms with van der Waals surface area (Å²) >= 11 is 5.90. The van der Waals surface area contributed by atoms with Crippen LogP contribution < -0.4 is 5.73 Å². The van der Waals surface area contributed by atoms with Gasteiger partial charge in [0.15, 0.2) is 0 Å². The molecule has 100 valence electrons. The van der Waals surface area contributed by atoms with Gasteiger partial charge in [-0.2, -0.15) is 0 Å². The first-order chi connectivity index (χ1) is 8.56. The van der Waals surface area contributed by atoms with Gasteiger partial charge in [-0.3, -0.25) is 0 Å². The van der Waals surface area contributed by atoms with Crippen molar-refractivity contribution >= 4 is 11.6 Å². The van der Waals surface area contributed by atoms with Crippen LogP contribution in [0.15, 0.2) is 18.2 Å². The van der Waals surface area contributed by atoms with Crippen LogP contribution in [0.5, 0.6) is 0 Å². The minimum absolute atomic E-state index is 0.0467. The number of halogens is 2. The van der Waals surface area contributed by atoms with Crippen LogP contribution >= 0.6 is 11.6 Å². The average molecular weight is 270 g/mol. The van der Waals surface area contributed by atoms with Crippen molar-refractivity contribution in [2.24, 2.45) is 17.6 Å². The van der Waals surface area contributed by atoms with Crippen molar-refractivity contribution in [3.63, 3.8) is 0 Å². The number of benzene rings is 1. The molecule has 0 spiro atoms. The average Bonchev–Trinajstić information content (AvgIpc) is 2.34. The van der Waals surface area contributed by atoms with Gasteiger partial charge in [0.2, 0.25) is 0 Å². The van der Waals surface area contributed by atoms with Crippen LogP contribution in [-0.2, 0) is 6.42 Å². The van der Waals surface area contributed by atoms with Gasteiger partial charge in [-0.05, 0) is 54.9 Å². The first-order valence-corrected chi connectivity index (χ1v) is 7.13. The highest BCUT2D eigenvalue weighted by Gasteiger charge is 2.24. The van der Waals surface area contributed by atoms with Gasteiger partial charge in [0, 0.05) is 11.1 Å². The van der Waals surface area contributed by atoms with Crippen LogP contribution in [0.4, 0.5) is 4.39 Å². The van der Waals surface area contributed by atoms with E-state index in [1.807, 2.05) is 0 Å². The fourth-order valence-electron chi connectivity index (χ4n) is 2.83. The Kier molecular flexibility index (Phi) is 4.63. The topological polar surface area (TPSA) is 26.0 Å². The Hall–Kier alpha value is -0.600. The fourth-order valence-corrected chi connectivity index (χ4v) is 3.03. The third-order valence-electron chi connectivity index (χ3n) is 4.13. The predicted molar refractivity (Wildman–Crippen MR) is 74.2 cm³/mol. The van der Waals surface area contributed by atoms with Crippen LogP contribution in [0.1, 0.15) is 38.2 Å². The molecule has 0 bridgehead atoms. The lowest BCUT2D eigenvalue weighted by atomic mass is 9.78. The molecule has 1 nitrogen and oxygen atoms in total. The highest BCUT2D eigenvalue weighted by molar-refractivity contribution is 6.30. The molecule has 0 saturated heterocycles. The Morgan fingerprint density at radius 2 is 2.00 bits per heavy atom. The molecule has 1 unspecified atom stereocenters. The summed E-state index contributed by atoms with van der Waals surface area (Å²) in [5, 5.41) is 0.580. The Morgan fingerprint density at radius 3 is 2.67 bits per heavy atom. The van der Waals surface area contributed by atoms with Gasteiger partial charge < -0.3 is 5.73 Å². The monoisotopic (exact) mass is 269 g/mol. The predicted octanol–water partition coefficient (Wildman–Crippen LogP) is 4.18. The molecule has 1 aliphatic rings. The lowest BCUT2D eigenvalue weighted by Crippen LogP contribution is -2.34. The molecule has 3 heteroatoms. The van der Waals surface area contributed by atoms with Crippen molar-refractivity contribution in [3.05, 3.63) is 34.6 Å². The minimum atomic E-state index is -0.195. The Morgan fingerprint density at radius 1 is 1.33 bits per heavy atom. The summed E-state index contributed by atoms with van der Waals surface area (Å²) in [5.74, 6) is 1.15. The third-order valence-corrected chi connectivity index (χ3v) is 4.36. The van der Waals surface area contributed by atoms with Crippen molar-refractivity contribution in [1.82, 2.24) is 0 Å². The summed E-state index contributed by atoms with van der Waals surface area (Å²) in [6.07, 6.45) is 5.42. The number of hydrogen-bond donors (Lipinski definition) is 1. The molecule has 1 fully saturated rings. The maximum absolute atomic E-state index is 13.6. The number of nitrogens with two attached hydrogens (primary N) is 1. The molecule has 2 rings (SSSR count). The van der Waals surface area contributed by atoms with Crippen molar-refractivity contribution in [2.45, 2.75) is 45.1 Å². The Labute approximate surface area is 114 Å². The van der Waals surface area contributed by atoms with Gasteiger partial charge in [0.05, 0.1) is 0 Å². The van der Waals surface area contributed by atoms with Gasteiger partial charge in [-0.15, -0.1) is 0 Å². The second-order valence-corrected chi connectivity index (χ2v) is 6.06. The Balaban J connectivity index is 1.98. The van der Waals surface area contributed by atoms with E-state index < -0.39 is 0 Å². The van der Waals surface area contributed by atoms with E-state index in [-0.39, 0.29) is 11.9 Å². The maximum atomic E-state index is 13.6. The largest absolute Gasteiger partial charge is 0.327 e. The standard InChI is InChI=1S/C15H21ClFN/c1-10-2-4-11(5-3-10)15(18)9-12-8-13(16)6-7-14(12)17/h6-8,10-11,15H,2-5,9,18H2,1H3. The Bertz CT molecular complexity index is 399. The normalized spacial score (nSPS) is 26.0. The van der Waals surface area contributed by atoms with E-state index in [4.69, 9.17) is 17.3 Å². The van der Waals surface area contributed by atoms with Gasteiger partial charge in [-0.1, -0.05) is 31.4 Å². The fraction of sp³-hybridized carbons (Fsp3) is 0.600. The van der Waals surface area contributed by atoms with Crippen molar-refractivity contribution in [1.29, 1.82) is 0 Å². The quantitative estimate of drug-likeness (QED) is 0.875. The number of rotatable bonds is 3. The smallest absolute Gasteiger partial charge is 0.126 e. The summed E-state index contributed by atoms with van der Waals surface area (Å²) in [6.45, 7) is 2.29. The zero-order valence-electron chi connectivity index (χ0n) is 10.8. The molecule has 1 aromatic rings. The maximum Gasteiger partial charge on any atom is 0.126 e. The lowest BCUT2D eigenvalue weighted by Gasteiger charge is -2.30. The van der Waals surface area contributed by atoms with Gasteiger partial charge in [-0.25, -0.2) is 4.39 Å². The van der Waals surface area contributed by atoms with Crippen LogP contribution in [0.25, 0.3) is 0 Å². The van der Waals surface area contributed by atoms with E-state index >= 15 is 0 Å². The SMILES string of the molecule is CC1CCC(C(N)Cc2cc(Cl)ccc2F)CC1. The molecule has 18 heavy (non-hydrogen) atoms.